The number of benzene rings is 2. The fourth-order valence-corrected chi connectivity index (χ4v) is 2.48. The van der Waals surface area contributed by atoms with Gasteiger partial charge in [-0.25, -0.2) is 0 Å². The lowest BCUT2D eigenvalue weighted by Crippen LogP contribution is -1.84. The summed E-state index contributed by atoms with van der Waals surface area (Å²) in [6.45, 7) is 0. The van der Waals surface area contributed by atoms with Gasteiger partial charge < -0.3 is 4.98 Å². The molecule has 3 rings (SSSR count). The molecule has 0 aliphatic rings. The van der Waals surface area contributed by atoms with Gasteiger partial charge >= 0.3 is 0 Å². The number of pyridine rings is 1. The number of nitrogens with one attached hydrogen (secondary N) is 1. The van der Waals surface area contributed by atoms with Gasteiger partial charge in [0.25, 0.3) is 0 Å². The molecule has 1 nitrogen and oxygen atoms in total. The van der Waals surface area contributed by atoms with Crippen LogP contribution in [0, 0.1) is 4.51 Å². The average molecular weight is 246 g/mol. The van der Waals surface area contributed by atoms with E-state index in [1.54, 1.807) is 0 Å². The molecule has 0 saturated heterocycles. The summed E-state index contributed by atoms with van der Waals surface area (Å²) in [5.41, 5.74) is 1.93. The highest BCUT2D eigenvalue weighted by atomic mass is 35.5. The van der Waals surface area contributed by atoms with E-state index in [0.717, 1.165) is 26.3 Å². The van der Waals surface area contributed by atoms with Gasteiger partial charge in [-0.05, 0) is 12.1 Å². The van der Waals surface area contributed by atoms with E-state index in [4.69, 9.17) is 23.8 Å². The van der Waals surface area contributed by atoms with Crippen LogP contribution >= 0.6 is 23.8 Å². The zero-order valence-corrected chi connectivity index (χ0v) is 9.90. The van der Waals surface area contributed by atoms with Crippen LogP contribution in [0.4, 0.5) is 0 Å². The van der Waals surface area contributed by atoms with E-state index < -0.39 is 0 Å². The number of hydrogen-bond donors (Lipinski definition) is 1. The van der Waals surface area contributed by atoms with Crippen molar-refractivity contribution in [1.29, 1.82) is 0 Å². The highest BCUT2D eigenvalue weighted by Crippen LogP contribution is 2.26. The highest BCUT2D eigenvalue weighted by Gasteiger charge is 2.03. The Labute approximate surface area is 103 Å². The smallest absolute Gasteiger partial charge is 0.0662 e. The number of aromatic nitrogens is 1. The van der Waals surface area contributed by atoms with Gasteiger partial charge in [-0.3, -0.25) is 0 Å². The number of para-hydroxylation sites is 2. The summed E-state index contributed by atoms with van der Waals surface area (Å²) in [7, 11) is 0. The molecular weight excluding hydrogens is 238 g/mol. The van der Waals surface area contributed by atoms with Crippen molar-refractivity contribution < 1.29 is 0 Å². The Balaban J connectivity index is 2.67. The Morgan fingerprint density at radius 1 is 0.938 bits per heavy atom. The molecule has 0 aliphatic heterocycles. The number of fused-ring (bicyclic) bond motifs is 2. The third-order valence-electron chi connectivity index (χ3n) is 2.69. The zero-order valence-electron chi connectivity index (χ0n) is 8.33. The monoisotopic (exact) mass is 245 g/mol. The van der Waals surface area contributed by atoms with Crippen LogP contribution in [0.25, 0.3) is 21.8 Å². The Kier molecular flexibility index (Phi) is 2.20. The topological polar surface area (TPSA) is 15.8 Å². The predicted molar refractivity (Wildman–Crippen MR) is 71.6 cm³/mol. The molecule has 0 bridgehead atoms. The van der Waals surface area contributed by atoms with Gasteiger partial charge in [-0.15, -0.1) is 0 Å². The van der Waals surface area contributed by atoms with Crippen LogP contribution in [-0.4, -0.2) is 4.98 Å². The molecule has 2 aromatic carbocycles. The van der Waals surface area contributed by atoms with E-state index in [9.17, 15) is 0 Å². The van der Waals surface area contributed by atoms with E-state index in [2.05, 4.69) is 4.98 Å². The second-order valence-corrected chi connectivity index (χ2v) is 4.48. The Morgan fingerprint density at radius 2 is 1.69 bits per heavy atom. The number of H-pyrrole nitrogens is 1. The third kappa shape index (κ3) is 1.34. The lowest BCUT2D eigenvalue weighted by atomic mass is 10.1. The van der Waals surface area contributed by atoms with Crippen molar-refractivity contribution in [3.8, 4) is 0 Å². The molecule has 0 saturated carbocycles. The second-order valence-electron chi connectivity index (χ2n) is 3.66. The molecule has 0 fully saturated rings. The van der Waals surface area contributed by atoms with Crippen molar-refractivity contribution in [3.05, 3.63) is 52.0 Å². The van der Waals surface area contributed by atoms with Gasteiger partial charge in [-0.2, -0.15) is 0 Å². The number of aromatic amines is 1. The second kappa shape index (κ2) is 3.58. The summed E-state index contributed by atoms with van der Waals surface area (Å²) in [5.74, 6) is 0. The predicted octanol–water partition coefficient (Wildman–Crippen LogP) is 4.70. The standard InChI is InChI=1S/C13H8ClNS/c14-10-6-3-5-9-12(10)15-11-7-2-1-4-8(11)13(9)16/h1-7H,(H,15,16). The molecule has 1 heterocycles. The molecular formula is C13H8ClNS. The summed E-state index contributed by atoms with van der Waals surface area (Å²) >= 11 is 11.6. The van der Waals surface area contributed by atoms with E-state index in [-0.39, 0.29) is 0 Å². The maximum Gasteiger partial charge on any atom is 0.0662 e. The summed E-state index contributed by atoms with van der Waals surface area (Å²) in [4.78, 5) is 3.32. The highest BCUT2D eigenvalue weighted by molar-refractivity contribution is 7.72. The van der Waals surface area contributed by atoms with Crippen molar-refractivity contribution in [2.75, 3.05) is 0 Å². The van der Waals surface area contributed by atoms with E-state index in [1.165, 1.54) is 0 Å². The normalized spacial score (nSPS) is 11.1. The molecule has 3 heteroatoms. The summed E-state index contributed by atoms with van der Waals surface area (Å²) < 4.78 is 0.854. The first kappa shape index (κ1) is 9.82. The fraction of sp³-hybridized carbons (Fsp3) is 0. The van der Waals surface area contributed by atoms with Gasteiger partial charge in [0.15, 0.2) is 0 Å². The molecule has 0 amide bonds. The molecule has 0 spiro atoms. The lowest BCUT2D eigenvalue weighted by molar-refractivity contribution is 1.49. The van der Waals surface area contributed by atoms with Crippen LogP contribution in [0.5, 0.6) is 0 Å². The lowest BCUT2D eigenvalue weighted by Gasteiger charge is -2.04. The summed E-state index contributed by atoms with van der Waals surface area (Å²) in [6, 6.07) is 13.8. The molecule has 0 aliphatic carbocycles. The molecule has 1 N–H and O–H groups in total. The molecule has 0 unspecified atom stereocenters. The van der Waals surface area contributed by atoms with Crippen molar-refractivity contribution in [3.63, 3.8) is 0 Å². The minimum atomic E-state index is 0.703. The van der Waals surface area contributed by atoms with Gasteiger partial charge in [-0.1, -0.05) is 54.2 Å². The Hall–Kier alpha value is -1.38. The van der Waals surface area contributed by atoms with Gasteiger partial charge in [0.1, 0.15) is 0 Å². The minimum Gasteiger partial charge on any atom is -0.353 e. The van der Waals surface area contributed by atoms with Gasteiger partial charge in [0.05, 0.1) is 15.0 Å². The van der Waals surface area contributed by atoms with Crippen LogP contribution in [-0.2, 0) is 0 Å². The van der Waals surface area contributed by atoms with Crippen molar-refractivity contribution in [2.24, 2.45) is 0 Å². The molecule has 3 aromatic rings. The van der Waals surface area contributed by atoms with E-state index in [1.807, 2.05) is 42.5 Å². The van der Waals surface area contributed by atoms with E-state index in [0.29, 0.717) is 5.02 Å². The maximum atomic E-state index is 6.15. The van der Waals surface area contributed by atoms with Crippen LogP contribution in [0.2, 0.25) is 5.02 Å². The van der Waals surface area contributed by atoms with Gasteiger partial charge in [0.2, 0.25) is 0 Å². The summed E-state index contributed by atoms with van der Waals surface area (Å²) in [6.07, 6.45) is 0. The van der Waals surface area contributed by atoms with E-state index >= 15 is 0 Å². The Morgan fingerprint density at radius 3 is 2.56 bits per heavy atom. The average Bonchev–Trinajstić information content (AvgIpc) is 2.31. The molecule has 1 aromatic heterocycles. The van der Waals surface area contributed by atoms with Crippen molar-refractivity contribution in [1.82, 2.24) is 4.98 Å². The number of halogens is 1. The molecule has 0 atom stereocenters. The maximum absolute atomic E-state index is 6.15. The zero-order chi connectivity index (χ0) is 11.1. The first-order valence-corrected chi connectivity index (χ1v) is 5.75. The minimum absolute atomic E-state index is 0.703. The molecule has 78 valence electrons. The first-order chi connectivity index (χ1) is 7.77. The first-order valence-electron chi connectivity index (χ1n) is 4.96. The Bertz CT molecular complexity index is 746. The van der Waals surface area contributed by atoms with Crippen LogP contribution < -0.4 is 0 Å². The number of rotatable bonds is 0. The molecule has 16 heavy (non-hydrogen) atoms. The fourth-order valence-electron chi connectivity index (χ4n) is 1.91. The largest absolute Gasteiger partial charge is 0.353 e. The van der Waals surface area contributed by atoms with Crippen LogP contribution in [0.15, 0.2) is 42.5 Å². The van der Waals surface area contributed by atoms with Crippen molar-refractivity contribution in [2.45, 2.75) is 0 Å². The summed E-state index contributed by atoms with van der Waals surface area (Å²) in [5, 5.41) is 2.77. The number of hydrogen-bond acceptors (Lipinski definition) is 1. The van der Waals surface area contributed by atoms with Crippen molar-refractivity contribution >= 4 is 45.6 Å². The van der Waals surface area contributed by atoms with Crippen LogP contribution in [0.3, 0.4) is 0 Å². The van der Waals surface area contributed by atoms with Gasteiger partial charge in [0, 0.05) is 16.3 Å². The van der Waals surface area contributed by atoms with Crippen LogP contribution in [0.1, 0.15) is 0 Å². The SMILES string of the molecule is S=c1c2ccccc2[nH]c2c(Cl)cccc12. The quantitative estimate of drug-likeness (QED) is 0.448. The third-order valence-corrected chi connectivity index (χ3v) is 3.44. The molecule has 0 radical (unpaired) electrons.